The molecule has 0 aliphatic rings. The Hall–Kier alpha value is -1.52. The predicted molar refractivity (Wildman–Crippen MR) is 86.0 cm³/mol. The Morgan fingerprint density at radius 2 is 2.00 bits per heavy atom. The lowest BCUT2D eigenvalue weighted by molar-refractivity contribution is 0.698. The summed E-state index contributed by atoms with van der Waals surface area (Å²) >= 11 is 12.3. The summed E-state index contributed by atoms with van der Waals surface area (Å²) in [6.07, 6.45) is 0.849. The fourth-order valence-corrected chi connectivity index (χ4v) is 2.99. The maximum atomic E-state index is 6.27. The van der Waals surface area contributed by atoms with Crippen LogP contribution in [0.1, 0.15) is 24.0 Å². The molecular weight excluding hydrogens is 307 g/mol. The van der Waals surface area contributed by atoms with Gasteiger partial charge < -0.3 is 4.57 Å². The number of alkyl halides is 1. The number of fused-ring (bicyclic) bond motifs is 1. The molecule has 3 aromatic rings. The summed E-state index contributed by atoms with van der Waals surface area (Å²) in [4.78, 5) is 4.65. The normalized spacial score (nSPS) is 11.4. The molecule has 21 heavy (non-hydrogen) atoms. The first-order valence-corrected chi connectivity index (χ1v) is 7.77. The molecule has 110 valence electrons. The Labute approximate surface area is 133 Å². The van der Waals surface area contributed by atoms with Gasteiger partial charge in [0.1, 0.15) is 11.3 Å². The summed E-state index contributed by atoms with van der Waals surface area (Å²) in [5, 5.41) is 5.27. The molecule has 0 amide bonds. The quantitative estimate of drug-likeness (QED) is 0.685. The monoisotopic (exact) mass is 322 g/mol. The first-order chi connectivity index (χ1) is 10.2. The van der Waals surface area contributed by atoms with Gasteiger partial charge in [-0.15, -0.1) is 11.6 Å². The van der Waals surface area contributed by atoms with Crippen LogP contribution < -0.4 is 0 Å². The highest BCUT2D eigenvalue weighted by Crippen LogP contribution is 2.24. The Balaban J connectivity index is 2.17. The highest BCUT2D eigenvalue weighted by Gasteiger charge is 2.18. The summed E-state index contributed by atoms with van der Waals surface area (Å²) in [7, 11) is 1.93. The highest BCUT2D eigenvalue weighted by molar-refractivity contribution is 6.31. The minimum absolute atomic E-state index is 0.363. The molecule has 2 aromatic heterocycles. The van der Waals surface area contributed by atoms with E-state index in [2.05, 4.69) is 21.6 Å². The molecule has 0 radical (unpaired) electrons. The van der Waals surface area contributed by atoms with Crippen molar-refractivity contribution in [2.24, 2.45) is 7.05 Å². The van der Waals surface area contributed by atoms with Crippen LogP contribution in [0.25, 0.3) is 11.2 Å². The zero-order valence-electron chi connectivity index (χ0n) is 12.0. The second-order valence-corrected chi connectivity index (χ2v) is 5.61. The molecule has 0 unspecified atom stereocenters. The van der Waals surface area contributed by atoms with E-state index in [1.807, 2.05) is 36.0 Å². The molecule has 0 atom stereocenters. The van der Waals surface area contributed by atoms with Gasteiger partial charge in [0, 0.05) is 12.1 Å². The van der Waals surface area contributed by atoms with E-state index in [1.54, 1.807) is 0 Å². The predicted octanol–water partition coefficient (Wildman–Crippen LogP) is 3.77. The zero-order chi connectivity index (χ0) is 15.0. The third-order valence-electron chi connectivity index (χ3n) is 3.61. The molecule has 0 spiro atoms. The Morgan fingerprint density at radius 3 is 2.67 bits per heavy atom. The van der Waals surface area contributed by atoms with Crippen molar-refractivity contribution in [3.05, 3.63) is 46.4 Å². The lowest BCUT2D eigenvalue weighted by Crippen LogP contribution is -2.08. The van der Waals surface area contributed by atoms with Crippen LogP contribution in [-0.4, -0.2) is 19.3 Å². The first kappa shape index (κ1) is 14.4. The number of aromatic nitrogens is 4. The number of aryl methyl sites for hydroxylation is 2. The fourth-order valence-electron chi connectivity index (χ4n) is 2.59. The van der Waals surface area contributed by atoms with Crippen LogP contribution in [0, 0.1) is 0 Å². The van der Waals surface area contributed by atoms with Gasteiger partial charge in [-0.05, 0) is 18.1 Å². The van der Waals surface area contributed by atoms with Gasteiger partial charge in [0.05, 0.1) is 18.1 Å². The largest absolute Gasteiger partial charge is 0.307 e. The standard InChI is InChI=1S/C15H16Cl2N4/c1-3-12-14-15(20(2)19-12)21(13(8-16)18-14)9-10-6-4-5-7-11(10)17/h4-7H,3,8-9H2,1-2H3. The van der Waals surface area contributed by atoms with Gasteiger partial charge in [-0.3, -0.25) is 4.68 Å². The molecule has 3 rings (SSSR count). The summed E-state index contributed by atoms with van der Waals surface area (Å²) in [5.41, 5.74) is 3.96. The van der Waals surface area contributed by atoms with Crippen molar-refractivity contribution < 1.29 is 0 Å². The smallest absolute Gasteiger partial charge is 0.159 e. The number of rotatable bonds is 4. The molecular formula is C15H16Cl2N4. The van der Waals surface area contributed by atoms with E-state index in [9.17, 15) is 0 Å². The molecule has 0 saturated heterocycles. The molecule has 0 N–H and O–H groups in total. The van der Waals surface area contributed by atoms with Crippen LogP contribution >= 0.6 is 23.2 Å². The van der Waals surface area contributed by atoms with E-state index >= 15 is 0 Å². The topological polar surface area (TPSA) is 35.6 Å². The molecule has 0 aliphatic carbocycles. The average molecular weight is 323 g/mol. The van der Waals surface area contributed by atoms with Gasteiger partial charge in [-0.1, -0.05) is 36.7 Å². The molecule has 0 bridgehead atoms. The summed E-state index contributed by atoms with van der Waals surface area (Å²) in [5.74, 6) is 1.21. The number of benzene rings is 1. The van der Waals surface area contributed by atoms with Gasteiger partial charge >= 0.3 is 0 Å². The van der Waals surface area contributed by atoms with Crippen molar-refractivity contribution >= 4 is 34.4 Å². The summed E-state index contributed by atoms with van der Waals surface area (Å²) < 4.78 is 3.96. The third kappa shape index (κ3) is 2.43. The van der Waals surface area contributed by atoms with Gasteiger partial charge in [-0.2, -0.15) is 5.10 Å². The molecule has 0 saturated carbocycles. The molecule has 2 heterocycles. The van der Waals surface area contributed by atoms with E-state index < -0.39 is 0 Å². The van der Waals surface area contributed by atoms with E-state index in [4.69, 9.17) is 23.2 Å². The maximum Gasteiger partial charge on any atom is 0.159 e. The van der Waals surface area contributed by atoms with Gasteiger partial charge in [0.2, 0.25) is 0 Å². The highest BCUT2D eigenvalue weighted by atomic mass is 35.5. The van der Waals surface area contributed by atoms with Crippen LogP contribution in [0.15, 0.2) is 24.3 Å². The van der Waals surface area contributed by atoms with E-state index in [-0.39, 0.29) is 0 Å². The van der Waals surface area contributed by atoms with Crippen molar-refractivity contribution in [1.29, 1.82) is 0 Å². The van der Waals surface area contributed by atoms with E-state index in [0.29, 0.717) is 12.4 Å². The Morgan fingerprint density at radius 1 is 1.24 bits per heavy atom. The molecule has 0 fully saturated rings. The zero-order valence-corrected chi connectivity index (χ0v) is 13.5. The van der Waals surface area contributed by atoms with Crippen LogP contribution in [0.2, 0.25) is 5.02 Å². The lowest BCUT2D eigenvalue weighted by atomic mass is 10.2. The van der Waals surface area contributed by atoms with Crippen molar-refractivity contribution in [3.8, 4) is 0 Å². The number of hydrogen-bond acceptors (Lipinski definition) is 2. The minimum atomic E-state index is 0.363. The van der Waals surface area contributed by atoms with Gasteiger partial charge in [-0.25, -0.2) is 4.98 Å². The molecule has 6 heteroatoms. The number of hydrogen-bond donors (Lipinski definition) is 0. The molecule has 4 nitrogen and oxygen atoms in total. The van der Waals surface area contributed by atoms with Crippen molar-refractivity contribution in [2.75, 3.05) is 0 Å². The van der Waals surface area contributed by atoms with E-state index in [1.165, 1.54) is 0 Å². The third-order valence-corrected chi connectivity index (χ3v) is 4.22. The number of halogens is 2. The number of imidazole rings is 1. The SMILES string of the molecule is CCc1nn(C)c2c1nc(CCl)n2Cc1ccccc1Cl. The second kappa shape index (κ2) is 5.70. The van der Waals surface area contributed by atoms with Gasteiger partial charge in [0.15, 0.2) is 5.65 Å². The second-order valence-electron chi connectivity index (χ2n) is 4.94. The summed E-state index contributed by atoms with van der Waals surface area (Å²) in [6, 6.07) is 7.82. The van der Waals surface area contributed by atoms with Crippen molar-refractivity contribution in [3.63, 3.8) is 0 Å². The van der Waals surface area contributed by atoms with Crippen LogP contribution in [0.3, 0.4) is 0 Å². The van der Waals surface area contributed by atoms with Crippen molar-refractivity contribution in [2.45, 2.75) is 25.8 Å². The van der Waals surface area contributed by atoms with Crippen LogP contribution in [0.5, 0.6) is 0 Å². The van der Waals surface area contributed by atoms with Crippen LogP contribution in [-0.2, 0) is 25.9 Å². The molecule has 1 aromatic carbocycles. The number of nitrogens with zero attached hydrogens (tertiary/aromatic N) is 4. The fraction of sp³-hybridized carbons (Fsp3) is 0.333. The van der Waals surface area contributed by atoms with Crippen LogP contribution in [0.4, 0.5) is 0 Å². The minimum Gasteiger partial charge on any atom is -0.307 e. The van der Waals surface area contributed by atoms with E-state index in [0.717, 1.165) is 39.7 Å². The maximum absolute atomic E-state index is 6.27. The van der Waals surface area contributed by atoms with Crippen molar-refractivity contribution in [1.82, 2.24) is 19.3 Å². The first-order valence-electron chi connectivity index (χ1n) is 6.86. The summed E-state index contributed by atoms with van der Waals surface area (Å²) in [6.45, 7) is 2.72. The Kier molecular flexibility index (Phi) is 3.91. The average Bonchev–Trinajstić information content (AvgIpc) is 2.99. The Bertz CT molecular complexity index is 788. The van der Waals surface area contributed by atoms with Gasteiger partial charge in [0.25, 0.3) is 0 Å². The molecule has 0 aliphatic heterocycles. The lowest BCUT2D eigenvalue weighted by Gasteiger charge is -2.09.